The molecule has 1 aromatic carbocycles. The molecule has 4 nitrogen and oxygen atoms in total. The van der Waals surface area contributed by atoms with Gasteiger partial charge in [0.25, 0.3) is 6.02 Å². The zero-order valence-electron chi connectivity index (χ0n) is 8.24. The van der Waals surface area contributed by atoms with Crippen molar-refractivity contribution < 1.29 is 9.47 Å². The Kier molecular flexibility index (Phi) is 2.81. The second-order valence-electron chi connectivity index (χ2n) is 3.18. The lowest BCUT2D eigenvalue weighted by atomic mass is 10.1. The van der Waals surface area contributed by atoms with E-state index in [1.165, 1.54) is 0 Å². The number of nitrogens with zero attached hydrogens (tertiary/aromatic N) is 1. The third-order valence-corrected chi connectivity index (χ3v) is 2.96. The van der Waals surface area contributed by atoms with Gasteiger partial charge in [0.1, 0.15) is 18.4 Å². The fraction of sp³-hybridized carbons (Fsp3) is 0.300. The maximum absolute atomic E-state index is 5.46. The van der Waals surface area contributed by atoms with Gasteiger partial charge in [0.15, 0.2) is 0 Å². The Bertz CT molecular complexity index is 406. The van der Waals surface area contributed by atoms with Crippen LogP contribution in [0, 0.1) is 0 Å². The van der Waals surface area contributed by atoms with E-state index in [0.29, 0.717) is 6.61 Å². The Morgan fingerprint density at radius 1 is 1.60 bits per heavy atom. The minimum Gasteiger partial charge on any atom is -0.497 e. The highest BCUT2D eigenvalue weighted by Crippen LogP contribution is 2.31. The lowest BCUT2D eigenvalue weighted by molar-refractivity contribution is 0.314. The lowest BCUT2D eigenvalue weighted by Gasteiger charge is -2.09. The van der Waals surface area contributed by atoms with Crippen molar-refractivity contribution >= 4 is 22.0 Å². The standard InChI is InChI=1S/C10H11BrN2O2/c1-14-6-2-3-8(11)7(4-6)9-5-15-10(12)13-9/h2-4,9H,5H2,1H3,(H2,12,13). The largest absolute Gasteiger partial charge is 0.497 e. The molecule has 80 valence electrons. The van der Waals surface area contributed by atoms with Crippen LogP contribution in [0.2, 0.25) is 0 Å². The lowest BCUT2D eigenvalue weighted by Crippen LogP contribution is -2.10. The summed E-state index contributed by atoms with van der Waals surface area (Å²) in [6.45, 7) is 0.484. The maximum atomic E-state index is 5.46. The molecule has 2 N–H and O–H groups in total. The molecule has 2 rings (SSSR count). The van der Waals surface area contributed by atoms with Crippen molar-refractivity contribution in [3.05, 3.63) is 28.2 Å². The van der Waals surface area contributed by atoms with E-state index in [-0.39, 0.29) is 12.1 Å². The molecule has 1 aliphatic heterocycles. The van der Waals surface area contributed by atoms with Crippen LogP contribution >= 0.6 is 15.9 Å². The first-order valence-electron chi connectivity index (χ1n) is 4.50. The molecular weight excluding hydrogens is 260 g/mol. The summed E-state index contributed by atoms with van der Waals surface area (Å²) in [6, 6.07) is 5.94. The van der Waals surface area contributed by atoms with Gasteiger partial charge in [-0.1, -0.05) is 15.9 Å². The van der Waals surface area contributed by atoms with Gasteiger partial charge in [-0.25, -0.2) is 4.99 Å². The molecule has 1 atom stereocenters. The van der Waals surface area contributed by atoms with E-state index in [9.17, 15) is 0 Å². The van der Waals surface area contributed by atoms with Crippen molar-refractivity contribution in [1.29, 1.82) is 0 Å². The number of rotatable bonds is 2. The van der Waals surface area contributed by atoms with Crippen molar-refractivity contribution in [2.75, 3.05) is 13.7 Å². The van der Waals surface area contributed by atoms with Crippen LogP contribution in [0.5, 0.6) is 5.75 Å². The molecule has 0 amide bonds. The summed E-state index contributed by atoms with van der Waals surface area (Å²) in [7, 11) is 1.63. The fourth-order valence-corrected chi connectivity index (χ4v) is 1.97. The van der Waals surface area contributed by atoms with Crippen molar-refractivity contribution in [3.8, 4) is 5.75 Å². The van der Waals surface area contributed by atoms with Crippen LogP contribution in [-0.4, -0.2) is 19.7 Å². The Labute approximate surface area is 96.2 Å². The summed E-state index contributed by atoms with van der Waals surface area (Å²) in [5.74, 6) is 0.800. The van der Waals surface area contributed by atoms with E-state index in [1.807, 2.05) is 18.2 Å². The Hall–Kier alpha value is -1.23. The van der Waals surface area contributed by atoms with Crippen LogP contribution in [0.4, 0.5) is 0 Å². The minimum atomic E-state index is -0.0468. The third-order valence-electron chi connectivity index (χ3n) is 2.23. The van der Waals surface area contributed by atoms with E-state index < -0.39 is 0 Å². The number of halogens is 1. The Morgan fingerprint density at radius 2 is 2.40 bits per heavy atom. The zero-order valence-corrected chi connectivity index (χ0v) is 9.82. The van der Waals surface area contributed by atoms with Crippen LogP contribution < -0.4 is 10.5 Å². The number of hydrogen-bond acceptors (Lipinski definition) is 4. The molecule has 0 radical (unpaired) electrons. The van der Waals surface area contributed by atoms with Gasteiger partial charge in [-0.2, -0.15) is 0 Å². The van der Waals surface area contributed by atoms with Crippen LogP contribution in [-0.2, 0) is 4.74 Å². The quantitative estimate of drug-likeness (QED) is 0.893. The molecule has 1 aliphatic rings. The third kappa shape index (κ3) is 2.07. The van der Waals surface area contributed by atoms with Crippen LogP contribution in [0.3, 0.4) is 0 Å². The average Bonchev–Trinajstić information content (AvgIpc) is 2.65. The number of aliphatic imine (C=N–C) groups is 1. The second-order valence-corrected chi connectivity index (χ2v) is 4.04. The first-order valence-corrected chi connectivity index (χ1v) is 5.29. The van der Waals surface area contributed by atoms with Gasteiger partial charge < -0.3 is 15.2 Å². The highest BCUT2D eigenvalue weighted by molar-refractivity contribution is 9.10. The topological polar surface area (TPSA) is 56.8 Å². The molecule has 15 heavy (non-hydrogen) atoms. The van der Waals surface area contributed by atoms with E-state index in [2.05, 4.69) is 20.9 Å². The fourth-order valence-electron chi connectivity index (χ4n) is 1.46. The van der Waals surface area contributed by atoms with Gasteiger partial charge in [0.2, 0.25) is 0 Å². The van der Waals surface area contributed by atoms with Gasteiger partial charge in [-0.15, -0.1) is 0 Å². The van der Waals surface area contributed by atoms with Gasteiger partial charge in [-0.05, 0) is 23.8 Å². The molecule has 0 aromatic heterocycles. The number of nitrogens with two attached hydrogens (primary N) is 1. The molecule has 0 bridgehead atoms. The Balaban J connectivity index is 2.34. The SMILES string of the molecule is COc1ccc(Br)c(C2COC(N)=N2)c1. The van der Waals surface area contributed by atoms with Crippen LogP contribution in [0.1, 0.15) is 11.6 Å². The molecule has 5 heteroatoms. The summed E-state index contributed by atoms with van der Waals surface area (Å²) in [6.07, 6.45) is 0. The van der Waals surface area contributed by atoms with Gasteiger partial charge in [0, 0.05) is 4.47 Å². The van der Waals surface area contributed by atoms with Gasteiger partial charge in [-0.3, -0.25) is 0 Å². The monoisotopic (exact) mass is 270 g/mol. The second kappa shape index (κ2) is 4.10. The van der Waals surface area contributed by atoms with Crippen molar-refractivity contribution in [2.24, 2.45) is 10.7 Å². The highest BCUT2D eigenvalue weighted by atomic mass is 79.9. The number of hydrogen-bond donors (Lipinski definition) is 1. The molecule has 0 saturated heterocycles. The van der Waals surface area contributed by atoms with Crippen LogP contribution in [0.15, 0.2) is 27.7 Å². The molecule has 1 heterocycles. The first-order chi connectivity index (χ1) is 7.20. The summed E-state index contributed by atoms with van der Waals surface area (Å²) >= 11 is 3.47. The summed E-state index contributed by atoms with van der Waals surface area (Å²) < 4.78 is 11.3. The van der Waals surface area contributed by atoms with Gasteiger partial charge in [0.05, 0.1) is 7.11 Å². The minimum absolute atomic E-state index is 0.0468. The normalized spacial score (nSPS) is 19.6. The summed E-state index contributed by atoms with van der Waals surface area (Å²) in [5, 5.41) is 0. The smallest absolute Gasteiger partial charge is 0.282 e. The van der Waals surface area contributed by atoms with Crippen molar-refractivity contribution in [1.82, 2.24) is 0 Å². The molecule has 1 aromatic rings. The van der Waals surface area contributed by atoms with Crippen molar-refractivity contribution in [2.45, 2.75) is 6.04 Å². The molecule has 0 spiro atoms. The average molecular weight is 271 g/mol. The first kappa shape index (κ1) is 10.3. The number of benzene rings is 1. The Morgan fingerprint density at radius 3 is 3.00 bits per heavy atom. The molecule has 0 aliphatic carbocycles. The highest BCUT2D eigenvalue weighted by Gasteiger charge is 2.21. The summed E-state index contributed by atoms with van der Waals surface area (Å²) in [4.78, 5) is 4.18. The predicted octanol–water partition coefficient (Wildman–Crippen LogP) is 1.84. The van der Waals surface area contributed by atoms with Crippen LogP contribution in [0.25, 0.3) is 0 Å². The van der Waals surface area contributed by atoms with E-state index in [4.69, 9.17) is 15.2 Å². The number of methoxy groups -OCH3 is 1. The summed E-state index contributed by atoms with van der Waals surface area (Å²) in [5.41, 5.74) is 6.49. The van der Waals surface area contributed by atoms with E-state index >= 15 is 0 Å². The molecule has 0 saturated carbocycles. The van der Waals surface area contributed by atoms with Gasteiger partial charge >= 0.3 is 0 Å². The number of amidine groups is 1. The van der Waals surface area contributed by atoms with E-state index in [0.717, 1.165) is 15.8 Å². The van der Waals surface area contributed by atoms with Crippen molar-refractivity contribution in [3.63, 3.8) is 0 Å². The molecular formula is C10H11BrN2O2. The number of ether oxygens (including phenoxy) is 2. The molecule has 1 unspecified atom stereocenters. The van der Waals surface area contributed by atoms with E-state index in [1.54, 1.807) is 7.11 Å². The predicted molar refractivity (Wildman–Crippen MR) is 61.0 cm³/mol. The molecule has 0 fully saturated rings. The maximum Gasteiger partial charge on any atom is 0.282 e. The zero-order chi connectivity index (χ0) is 10.8.